The van der Waals surface area contributed by atoms with Gasteiger partial charge in [0.15, 0.2) is 16.2 Å². The Bertz CT molecular complexity index is 1410. The summed E-state index contributed by atoms with van der Waals surface area (Å²) in [5, 5.41) is 8.48. The van der Waals surface area contributed by atoms with Gasteiger partial charge in [0.1, 0.15) is 0 Å². The molecule has 1 amide bonds. The number of hydrogen-bond acceptors (Lipinski definition) is 8. The van der Waals surface area contributed by atoms with E-state index in [0.717, 1.165) is 48.9 Å². The second-order valence-electron chi connectivity index (χ2n) is 7.88. The molecule has 4 aromatic heterocycles. The molecule has 2 N–H and O–H groups in total. The van der Waals surface area contributed by atoms with Gasteiger partial charge in [-0.25, -0.2) is 9.97 Å². The van der Waals surface area contributed by atoms with Crippen molar-refractivity contribution < 1.29 is 9.21 Å². The van der Waals surface area contributed by atoms with Gasteiger partial charge in [0.25, 0.3) is 5.89 Å². The fourth-order valence-electron chi connectivity index (χ4n) is 4.03. The molecular weight excluding hydrogens is 438 g/mol. The molecule has 0 bridgehead atoms. The highest BCUT2D eigenvalue weighted by atomic mass is 32.1. The van der Waals surface area contributed by atoms with Crippen molar-refractivity contribution in [2.45, 2.75) is 6.54 Å². The average Bonchev–Trinajstić information content (AvgIpc) is 3.55. The van der Waals surface area contributed by atoms with E-state index in [4.69, 9.17) is 9.40 Å². The van der Waals surface area contributed by atoms with Crippen LogP contribution in [-0.4, -0.2) is 56.3 Å². The highest BCUT2D eigenvalue weighted by molar-refractivity contribution is 7.15. The van der Waals surface area contributed by atoms with Crippen molar-refractivity contribution in [1.82, 2.24) is 29.6 Å². The molecule has 0 spiro atoms. The summed E-state index contributed by atoms with van der Waals surface area (Å²) >= 11 is 1.63. The highest BCUT2D eigenvalue weighted by Gasteiger charge is 2.19. The summed E-state index contributed by atoms with van der Waals surface area (Å²) in [6.45, 7) is 5.01. The number of hydrogen-bond donors (Lipinski definition) is 2. The number of fused-ring (bicyclic) bond motifs is 2. The van der Waals surface area contributed by atoms with Crippen molar-refractivity contribution in [3.8, 4) is 11.3 Å². The number of nitrogens with one attached hydrogen (secondary N) is 2. The number of piperazine rings is 1. The lowest BCUT2D eigenvalue weighted by Gasteiger charge is -2.26. The van der Waals surface area contributed by atoms with E-state index in [-0.39, 0.29) is 5.89 Å². The zero-order chi connectivity index (χ0) is 22.2. The smallest absolute Gasteiger partial charge is 0.311 e. The van der Waals surface area contributed by atoms with Gasteiger partial charge in [-0.15, -0.1) is 11.3 Å². The summed E-state index contributed by atoms with van der Waals surface area (Å²) < 4.78 is 7.70. The summed E-state index contributed by atoms with van der Waals surface area (Å²) in [6.07, 6.45) is 3.65. The lowest BCUT2D eigenvalue weighted by Crippen LogP contribution is -2.43. The number of thiazole rings is 1. The van der Waals surface area contributed by atoms with Crippen LogP contribution in [0.25, 0.3) is 27.4 Å². The van der Waals surface area contributed by atoms with Crippen molar-refractivity contribution >= 4 is 39.1 Å². The van der Waals surface area contributed by atoms with Gasteiger partial charge in [-0.3, -0.25) is 14.1 Å². The molecule has 0 atom stereocenters. The molecule has 5 heterocycles. The van der Waals surface area contributed by atoms with E-state index in [1.54, 1.807) is 29.7 Å². The van der Waals surface area contributed by atoms with Crippen LogP contribution in [0.4, 0.5) is 5.69 Å². The third kappa shape index (κ3) is 3.88. The predicted octanol–water partition coefficient (Wildman–Crippen LogP) is 3.26. The first-order chi connectivity index (χ1) is 16.2. The van der Waals surface area contributed by atoms with E-state index in [9.17, 15) is 4.79 Å². The lowest BCUT2D eigenvalue weighted by atomic mass is 10.1. The van der Waals surface area contributed by atoms with Crippen molar-refractivity contribution in [3.63, 3.8) is 0 Å². The van der Waals surface area contributed by atoms with Gasteiger partial charge in [-0.2, -0.15) is 4.98 Å². The standard InChI is InChI=1S/C23H21N7O2S/c31-21(22-28-20-19(32-22)6-3-7-25-20)26-17-5-2-1-4-16(17)18-13-30-15(14-33-23(30)27-18)12-29-10-8-24-9-11-29/h1-7,13-14,24H,8-12H2,(H,26,31). The van der Waals surface area contributed by atoms with Crippen LogP contribution in [0.5, 0.6) is 0 Å². The third-order valence-electron chi connectivity index (χ3n) is 5.69. The Morgan fingerprint density at radius 3 is 2.91 bits per heavy atom. The van der Waals surface area contributed by atoms with Crippen LogP contribution in [0.15, 0.2) is 58.6 Å². The Balaban J connectivity index is 1.28. The van der Waals surface area contributed by atoms with Gasteiger partial charge in [0.05, 0.1) is 11.4 Å². The quantitative estimate of drug-likeness (QED) is 0.416. The Labute approximate surface area is 193 Å². The fraction of sp³-hybridized carbons (Fsp3) is 0.217. The second-order valence-corrected chi connectivity index (χ2v) is 8.71. The Morgan fingerprint density at radius 2 is 2.03 bits per heavy atom. The predicted molar refractivity (Wildman–Crippen MR) is 126 cm³/mol. The zero-order valence-corrected chi connectivity index (χ0v) is 18.5. The topological polar surface area (TPSA) is 101 Å². The van der Waals surface area contributed by atoms with Crippen molar-refractivity contribution in [3.05, 3.63) is 65.8 Å². The van der Waals surface area contributed by atoms with Crippen LogP contribution in [0.3, 0.4) is 0 Å². The molecule has 33 heavy (non-hydrogen) atoms. The van der Waals surface area contributed by atoms with Crippen LogP contribution >= 0.6 is 11.3 Å². The summed E-state index contributed by atoms with van der Waals surface area (Å²) in [5.74, 6) is -0.455. The molecule has 166 valence electrons. The van der Waals surface area contributed by atoms with Crippen molar-refractivity contribution in [2.24, 2.45) is 0 Å². The molecule has 1 aromatic carbocycles. The van der Waals surface area contributed by atoms with Gasteiger partial charge in [-0.1, -0.05) is 18.2 Å². The second kappa shape index (κ2) is 8.39. The molecule has 10 heteroatoms. The maximum absolute atomic E-state index is 12.8. The van der Waals surface area contributed by atoms with Crippen LogP contribution in [0.2, 0.25) is 0 Å². The van der Waals surface area contributed by atoms with E-state index in [1.807, 2.05) is 30.5 Å². The summed E-state index contributed by atoms with van der Waals surface area (Å²) in [4.78, 5) is 29.3. The number of aromatic nitrogens is 4. The zero-order valence-electron chi connectivity index (χ0n) is 17.7. The van der Waals surface area contributed by atoms with Gasteiger partial charge < -0.3 is 15.1 Å². The van der Waals surface area contributed by atoms with Crippen LogP contribution < -0.4 is 10.6 Å². The number of benzene rings is 1. The maximum atomic E-state index is 12.8. The summed E-state index contributed by atoms with van der Waals surface area (Å²) in [6, 6.07) is 11.1. The number of carbonyl (C=O) groups is 1. The monoisotopic (exact) mass is 459 g/mol. The Hall–Kier alpha value is -3.60. The molecule has 1 fully saturated rings. The van der Waals surface area contributed by atoms with Crippen molar-refractivity contribution in [2.75, 3.05) is 31.5 Å². The minimum absolute atomic E-state index is 0.0253. The Kier molecular flexibility index (Phi) is 5.10. The summed E-state index contributed by atoms with van der Waals surface area (Å²) in [7, 11) is 0. The van der Waals surface area contributed by atoms with E-state index in [1.165, 1.54) is 5.69 Å². The first kappa shape index (κ1) is 20.0. The molecule has 0 unspecified atom stereocenters. The first-order valence-corrected chi connectivity index (χ1v) is 11.6. The molecule has 1 aliphatic rings. The molecule has 0 saturated carbocycles. The van der Waals surface area contributed by atoms with Crippen LogP contribution in [0, 0.1) is 0 Å². The van der Waals surface area contributed by atoms with E-state index in [2.05, 4.69) is 35.3 Å². The largest absolute Gasteiger partial charge is 0.431 e. The first-order valence-electron chi connectivity index (χ1n) is 10.8. The molecule has 9 nitrogen and oxygen atoms in total. The van der Waals surface area contributed by atoms with Gasteiger partial charge in [-0.05, 0) is 18.2 Å². The SMILES string of the molecule is O=C(Nc1ccccc1-c1cn2c(CN3CCNCC3)csc2n1)c1nc2ncccc2o1. The van der Waals surface area contributed by atoms with Crippen LogP contribution in [0.1, 0.15) is 16.4 Å². The molecular formula is C23H21N7O2S. The number of imidazole rings is 1. The van der Waals surface area contributed by atoms with Crippen LogP contribution in [-0.2, 0) is 6.54 Å². The van der Waals surface area contributed by atoms with Gasteiger partial charge in [0, 0.05) is 61.8 Å². The number of pyridine rings is 1. The molecule has 1 saturated heterocycles. The number of anilines is 1. The lowest BCUT2D eigenvalue weighted by molar-refractivity contribution is 0.0992. The number of oxazole rings is 1. The molecule has 0 radical (unpaired) electrons. The number of para-hydroxylation sites is 1. The van der Waals surface area contributed by atoms with E-state index < -0.39 is 5.91 Å². The number of carbonyl (C=O) groups excluding carboxylic acids is 1. The molecule has 6 rings (SSSR count). The normalized spacial score (nSPS) is 14.8. The average molecular weight is 460 g/mol. The minimum atomic E-state index is -0.430. The highest BCUT2D eigenvalue weighted by Crippen LogP contribution is 2.30. The number of amides is 1. The molecule has 0 aliphatic carbocycles. The van der Waals surface area contributed by atoms with Crippen molar-refractivity contribution in [1.29, 1.82) is 0 Å². The van der Waals surface area contributed by atoms with Gasteiger partial charge >= 0.3 is 5.91 Å². The summed E-state index contributed by atoms with van der Waals surface area (Å²) in [5.41, 5.74) is 4.38. The van der Waals surface area contributed by atoms with E-state index >= 15 is 0 Å². The number of nitrogens with zero attached hydrogens (tertiary/aromatic N) is 5. The molecule has 1 aliphatic heterocycles. The maximum Gasteiger partial charge on any atom is 0.311 e. The van der Waals surface area contributed by atoms with E-state index in [0.29, 0.717) is 16.9 Å². The third-order valence-corrected chi connectivity index (χ3v) is 6.58. The van der Waals surface area contributed by atoms with Gasteiger partial charge in [0.2, 0.25) is 0 Å². The number of rotatable bonds is 5. The molecule has 5 aromatic rings. The minimum Gasteiger partial charge on any atom is -0.431 e. The Morgan fingerprint density at radius 1 is 1.15 bits per heavy atom. The fourth-order valence-corrected chi connectivity index (χ4v) is 4.89.